The zero-order valence-corrected chi connectivity index (χ0v) is 23.6. The predicted molar refractivity (Wildman–Crippen MR) is 155 cm³/mol. The number of nitrogens with zero attached hydrogens (tertiary/aromatic N) is 6. The molecule has 3 saturated heterocycles. The Labute approximate surface area is 246 Å². The van der Waals surface area contributed by atoms with Gasteiger partial charge in [-0.2, -0.15) is 15.0 Å². The van der Waals surface area contributed by atoms with E-state index in [2.05, 4.69) is 19.8 Å². The fourth-order valence-electron chi connectivity index (χ4n) is 4.51. The van der Waals surface area contributed by atoms with Crippen molar-refractivity contribution < 1.29 is 23.8 Å². The third-order valence-electron chi connectivity index (χ3n) is 6.73. The number of carbonyl (C=O) groups is 2. The molecule has 1 aromatic heterocycles. The maximum atomic E-state index is 13.0. The van der Waals surface area contributed by atoms with E-state index in [1.165, 1.54) is 4.90 Å². The number of ether oxygens (including phenoxy) is 3. The Morgan fingerprint density at radius 3 is 2.07 bits per heavy atom. The fourth-order valence-corrected chi connectivity index (χ4v) is 5.55. The van der Waals surface area contributed by atoms with E-state index in [4.69, 9.17) is 30.8 Å². The van der Waals surface area contributed by atoms with Crippen LogP contribution in [0.5, 0.6) is 11.8 Å². The molecule has 0 radical (unpaired) electrons. The molecular formula is C28H27ClN6O5S. The molecule has 2 aromatic carbocycles. The first-order valence-corrected chi connectivity index (χ1v) is 14.4. The van der Waals surface area contributed by atoms with E-state index >= 15 is 0 Å². The molecule has 0 saturated carbocycles. The van der Waals surface area contributed by atoms with E-state index in [1.807, 2.05) is 18.2 Å². The maximum Gasteiger partial charge on any atom is 0.328 e. The summed E-state index contributed by atoms with van der Waals surface area (Å²) in [6.07, 6.45) is 1.69. The lowest BCUT2D eigenvalue weighted by molar-refractivity contribution is -0.123. The Morgan fingerprint density at radius 2 is 1.46 bits per heavy atom. The van der Waals surface area contributed by atoms with Crippen LogP contribution in [0.2, 0.25) is 5.02 Å². The number of hydrogen-bond donors (Lipinski definition) is 0. The third-order valence-corrected chi connectivity index (χ3v) is 8.00. The normalized spacial score (nSPS) is 18.9. The lowest BCUT2D eigenvalue weighted by Crippen LogP contribution is -2.40. The summed E-state index contributed by atoms with van der Waals surface area (Å²) < 4.78 is 17.0. The standard InChI is InChI=1S/C28H27ClN6O5S/c29-22-4-2-1-3-20(22)18-35-24(36)23(41-28(35)37)17-19-5-7-21(8-6-19)40-27-31-25(33-9-13-38-14-10-33)30-26(32-27)34-11-15-39-16-12-34/h1-8,17H,9-16,18H2/b23-17-. The van der Waals surface area contributed by atoms with Crippen LogP contribution in [0.4, 0.5) is 16.7 Å². The van der Waals surface area contributed by atoms with E-state index < -0.39 is 0 Å². The second-order valence-corrected chi connectivity index (χ2v) is 10.8. The van der Waals surface area contributed by atoms with Crippen LogP contribution in [0.3, 0.4) is 0 Å². The number of amides is 2. The van der Waals surface area contributed by atoms with Crippen molar-refractivity contribution in [3.8, 4) is 11.8 Å². The molecular weight excluding hydrogens is 568 g/mol. The van der Waals surface area contributed by atoms with E-state index in [9.17, 15) is 9.59 Å². The molecule has 0 aliphatic carbocycles. The molecule has 0 bridgehead atoms. The Hall–Kier alpha value is -3.71. The molecule has 0 N–H and O–H groups in total. The summed E-state index contributed by atoms with van der Waals surface area (Å²) in [6.45, 7) is 5.29. The van der Waals surface area contributed by atoms with Gasteiger partial charge >= 0.3 is 6.01 Å². The Bertz CT molecular complexity index is 1420. The number of morpholine rings is 2. The summed E-state index contributed by atoms with van der Waals surface area (Å²) in [4.78, 5) is 45.1. The van der Waals surface area contributed by atoms with Gasteiger partial charge in [0, 0.05) is 31.2 Å². The van der Waals surface area contributed by atoms with Gasteiger partial charge in [-0.3, -0.25) is 14.5 Å². The highest BCUT2D eigenvalue weighted by atomic mass is 35.5. The van der Waals surface area contributed by atoms with Crippen LogP contribution in [0.15, 0.2) is 53.4 Å². The summed E-state index contributed by atoms with van der Waals surface area (Å²) in [6, 6.07) is 14.5. The highest BCUT2D eigenvalue weighted by molar-refractivity contribution is 8.18. The smallest absolute Gasteiger partial charge is 0.328 e. The van der Waals surface area contributed by atoms with Crippen LogP contribution in [0, 0.1) is 0 Å². The van der Waals surface area contributed by atoms with Crippen LogP contribution in [-0.4, -0.2) is 83.6 Å². The van der Waals surface area contributed by atoms with Crippen molar-refractivity contribution in [2.75, 3.05) is 62.4 Å². The number of rotatable bonds is 7. The molecule has 11 nitrogen and oxygen atoms in total. The van der Waals surface area contributed by atoms with Gasteiger partial charge in [0.25, 0.3) is 11.1 Å². The van der Waals surface area contributed by atoms with Crippen molar-refractivity contribution in [1.29, 1.82) is 0 Å². The topological polar surface area (TPSA) is 110 Å². The van der Waals surface area contributed by atoms with Crippen LogP contribution in [0.1, 0.15) is 11.1 Å². The van der Waals surface area contributed by atoms with E-state index in [0.717, 1.165) is 17.3 Å². The Kier molecular flexibility index (Phi) is 8.33. The summed E-state index contributed by atoms with van der Waals surface area (Å²) in [5, 5.41) is 0.182. The molecule has 3 fully saturated rings. The molecule has 0 unspecified atom stereocenters. The van der Waals surface area contributed by atoms with Gasteiger partial charge < -0.3 is 24.0 Å². The van der Waals surface area contributed by atoms with Crippen molar-refractivity contribution in [2.45, 2.75) is 6.54 Å². The van der Waals surface area contributed by atoms with Crippen LogP contribution < -0.4 is 14.5 Å². The highest BCUT2D eigenvalue weighted by Crippen LogP contribution is 2.34. The minimum absolute atomic E-state index is 0.124. The summed E-state index contributed by atoms with van der Waals surface area (Å²) in [7, 11) is 0. The average Bonchev–Trinajstić information content (AvgIpc) is 3.27. The number of halogens is 1. The van der Waals surface area contributed by atoms with E-state index in [-0.39, 0.29) is 23.7 Å². The number of benzene rings is 2. The van der Waals surface area contributed by atoms with Gasteiger partial charge in [0.05, 0.1) is 37.9 Å². The van der Waals surface area contributed by atoms with Crippen molar-refractivity contribution in [3.05, 3.63) is 69.6 Å². The second kappa shape index (κ2) is 12.4. The number of hydrogen-bond acceptors (Lipinski definition) is 11. The molecule has 0 spiro atoms. The summed E-state index contributed by atoms with van der Waals surface area (Å²) in [5.74, 6) is 1.27. The first-order valence-electron chi connectivity index (χ1n) is 13.2. The van der Waals surface area contributed by atoms with Crippen molar-refractivity contribution in [1.82, 2.24) is 19.9 Å². The summed E-state index contributed by atoms with van der Waals surface area (Å²) in [5.41, 5.74) is 1.46. The minimum Gasteiger partial charge on any atom is -0.424 e. The summed E-state index contributed by atoms with van der Waals surface area (Å²) >= 11 is 7.13. The number of carbonyl (C=O) groups excluding carboxylic acids is 2. The molecule has 6 rings (SSSR count). The fraction of sp³-hybridized carbons (Fsp3) is 0.321. The molecule has 2 amide bonds. The van der Waals surface area contributed by atoms with Gasteiger partial charge in [-0.15, -0.1) is 0 Å². The highest BCUT2D eigenvalue weighted by Gasteiger charge is 2.35. The number of anilines is 2. The quantitative estimate of drug-likeness (QED) is 0.367. The van der Waals surface area contributed by atoms with Crippen molar-refractivity contribution in [2.24, 2.45) is 0 Å². The molecule has 13 heteroatoms. The van der Waals surface area contributed by atoms with Crippen LogP contribution >= 0.6 is 23.4 Å². The minimum atomic E-state index is -0.350. The molecule has 3 aliphatic heterocycles. The monoisotopic (exact) mass is 594 g/mol. The predicted octanol–water partition coefficient (Wildman–Crippen LogP) is 4.23. The average molecular weight is 595 g/mol. The van der Waals surface area contributed by atoms with Gasteiger partial charge in [-0.1, -0.05) is 41.9 Å². The molecule has 3 aromatic rings. The lowest BCUT2D eigenvalue weighted by Gasteiger charge is -2.30. The lowest BCUT2D eigenvalue weighted by atomic mass is 10.2. The Morgan fingerprint density at radius 1 is 0.854 bits per heavy atom. The second-order valence-electron chi connectivity index (χ2n) is 9.45. The molecule has 41 heavy (non-hydrogen) atoms. The van der Waals surface area contributed by atoms with Gasteiger partial charge in [0.1, 0.15) is 5.75 Å². The third kappa shape index (κ3) is 6.46. The van der Waals surface area contributed by atoms with Gasteiger partial charge in [0.15, 0.2) is 0 Å². The van der Waals surface area contributed by atoms with Crippen LogP contribution in [0.25, 0.3) is 6.08 Å². The van der Waals surface area contributed by atoms with Gasteiger partial charge in [-0.05, 0) is 47.2 Å². The van der Waals surface area contributed by atoms with Crippen LogP contribution in [-0.2, 0) is 20.8 Å². The van der Waals surface area contributed by atoms with Gasteiger partial charge in [0.2, 0.25) is 11.9 Å². The van der Waals surface area contributed by atoms with Gasteiger partial charge in [-0.25, -0.2) is 0 Å². The SMILES string of the molecule is O=C1S/C(=C\c2ccc(Oc3nc(N4CCOCC4)nc(N4CCOCC4)n3)cc2)C(=O)N1Cc1ccccc1Cl. The maximum absolute atomic E-state index is 13.0. The first-order chi connectivity index (χ1) is 20.0. The first kappa shape index (κ1) is 27.5. The van der Waals surface area contributed by atoms with E-state index in [1.54, 1.807) is 36.4 Å². The zero-order chi connectivity index (χ0) is 28.2. The van der Waals surface area contributed by atoms with Crippen molar-refractivity contribution >= 4 is 52.5 Å². The molecule has 3 aliphatic rings. The number of thioether (sulfide) groups is 1. The molecule has 212 valence electrons. The zero-order valence-electron chi connectivity index (χ0n) is 22.1. The number of imide groups is 1. The Balaban J connectivity index is 1.17. The molecule has 4 heterocycles. The largest absolute Gasteiger partial charge is 0.424 e. The van der Waals surface area contributed by atoms with Crippen molar-refractivity contribution in [3.63, 3.8) is 0 Å². The molecule has 0 atom stereocenters. The number of aromatic nitrogens is 3. The van der Waals surface area contributed by atoms with E-state index in [0.29, 0.717) is 85.7 Å².